The molecule has 1 aromatic heterocycles. The van der Waals surface area contributed by atoms with Gasteiger partial charge in [0.05, 0.1) is 11.6 Å². The van der Waals surface area contributed by atoms with Crippen LogP contribution in [0, 0.1) is 20.8 Å². The summed E-state index contributed by atoms with van der Waals surface area (Å²) in [6.07, 6.45) is 0. The molecule has 1 amide bonds. The number of aliphatic hydroxyl groups is 1. The summed E-state index contributed by atoms with van der Waals surface area (Å²) in [6, 6.07) is 21.8. The molecule has 4 aromatic rings. The number of ketones is 1. The molecule has 1 atom stereocenters. The van der Waals surface area contributed by atoms with Gasteiger partial charge < -0.3 is 10.1 Å². The van der Waals surface area contributed by atoms with E-state index in [1.165, 1.54) is 4.90 Å². The number of aliphatic hydroxyl groups excluding tert-OH is 1. The quantitative estimate of drug-likeness (QED) is 0.245. The van der Waals surface area contributed by atoms with Crippen molar-refractivity contribution in [3.8, 4) is 0 Å². The maximum atomic E-state index is 13.4. The Kier molecular flexibility index (Phi) is 4.90. The molecule has 0 bridgehead atoms. The van der Waals surface area contributed by atoms with Crippen molar-refractivity contribution in [2.24, 2.45) is 0 Å². The molecular weight excluding hydrogens is 412 g/mol. The first-order valence-electron chi connectivity index (χ1n) is 10.9. The van der Waals surface area contributed by atoms with E-state index < -0.39 is 17.7 Å². The number of Topliss-reactive ketones (excluding diaryl/α,β-unsaturated/α-hetero) is 1. The van der Waals surface area contributed by atoms with Crippen LogP contribution in [-0.2, 0) is 9.59 Å². The van der Waals surface area contributed by atoms with Crippen molar-refractivity contribution in [3.63, 3.8) is 0 Å². The van der Waals surface area contributed by atoms with E-state index in [2.05, 4.69) is 4.98 Å². The Morgan fingerprint density at radius 3 is 2.21 bits per heavy atom. The zero-order chi connectivity index (χ0) is 23.3. The lowest BCUT2D eigenvalue weighted by Gasteiger charge is -2.26. The van der Waals surface area contributed by atoms with Crippen LogP contribution >= 0.6 is 0 Å². The van der Waals surface area contributed by atoms with Crippen molar-refractivity contribution < 1.29 is 14.7 Å². The predicted octanol–water partition coefficient (Wildman–Crippen LogP) is 5.72. The number of amides is 1. The number of rotatable bonds is 3. The second-order valence-corrected chi connectivity index (χ2v) is 8.59. The largest absolute Gasteiger partial charge is 0.507 e. The summed E-state index contributed by atoms with van der Waals surface area (Å²) in [7, 11) is 0. The van der Waals surface area contributed by atoms with Crippen molar-refractivity contribution in [1.82, 2.24) is 4.98 Å². The van der Waals surface area contributed by atoms with Gasteiger partial charge in [-0.15, -0.1) is 0 Å². The molecule has 1 unspecified atom stereocenters. The number of benzene rings is 3. The molecule has 33 heavy (non-hydrogen) atoms. The van der Waals surface area contributed by atoms with Gasteiger partial charge in [0, 0.05) is 33.4 Å². The third kappa shape index (κ3) is 3.33. The summed E-state index contributed by atoms with van der Waals surface area (Å²) in [5, 5.41) is 12.2. The first-order valence-corrected chi connectivity index (χ1v) is 10.9. The van der Waals surface area contributed by atoms with E-state index in [0.29, 0.717) is 11.3 Å². The van der Waals surface area contributed by atoms with Crippen LogP contribution in [0.4, 0.5) is 5.69 Å². The number of carbonyl (C=O) groups is 2. The minimum Gasteiger partial charge on any atom is -0.507 e. The Bertz CT molecular complexity index is 1430. The number of H-pyrrole nitrogens is 1. The van der Waals surface area contributed by atoms with Gasteiger partial charge in [-0.25, -0.2) is 0 Å². The van der Waals surface area contributed by atoms with Crippen LogP contribution in [0.3, 0.4) is 0 Å². The number of para-hydroxylation sites is 1. The molecule has 2 heterocycles. The molecule has 0 saturated carbocycles. The fourth-order valence-electron chi connectivity index (χ4n) is 4.86. The predicted molar refractivity (Wildman–Crippen MR) is 130 cm³/mol. The fourth-order valence-corrected chi connectivity index (χ4v) is 4.86. The third-order valence-corrected chi connectivity index (χ3v) is 6.19. The number of aromatic nitrogens is 1. The number of aryl methyl sites for hydroxylation is 3. The van der Waals surface area contributed by atoms with Gasteiger partial charge in [0.1, 0.15) is 5.76 Å². The topological polar surface area (TPSA) is 73.4 Å². The first-order chi connectivity index (χ1) is 15.9. The monoisotopic (exact) mass is 436 g/mol. The van der Waals surface area contributed by atoms with Crippen LogP contribution in [0.25, 0.3) is 16.7 Å². The highest BCUT2D eigenvalue weighted by Gasteiger charge is 2.48. The van der Waals surface area contributed by atoms with Gasteiger partial charge in [0.25, 0.3) is 11.7 Å². The standard InChI is InChI=1S/C28H24N2O3/c1-16-13-17(2)15-20(14-16)30-25(23-18(3)29-22-12-8-7-11-21(22)23)24(27(32)28(30)33)26(31)19-9-5-4-6-10-19/h4-15,25,29,31H,1-3H3/b26-24+. The molecule has 2 N–H and O–H groups in total. The molecule has 5 heteroatoms. The van der Waals surface area contributed by atoms with Crippen LogP contribution in [0.2, 0.25) is 0 Å². The fraction of sp³-hybridized carbons (Fsp3) is 0.143. The number of hydrogen-bond donors (Lipinski definition) is 2. The highest BCUT2D eigenvalue weighted by molar-refractivity contribution is 6.52. The molecular formula is C28H24N2O3. The highest BCUT2D eigenvalue weighted by atomic mass is 16.3. The second-order valence-electron chi connectivity index (χ2n) is 8.59. The number of nitrogens with zero attached hydrogens (tertiary/aromatic N) is 1. The van der Waals surface area contributed by atoms with Crippen LogP contribution in [0.1, 0.15) is 34.0 Å². The Morgan fingerprint density at radius 1 is 0.879 bits per heavy atom. The van der Waals surface area contributed by atoms with Gasteiger partial charge in [-0.2, -0.15) is 0 Å². The van der Waals surface area contributed by atoms with Crippen molar-refractivity contribution >= 4 is 34.0 Å². The zero-order valence-electron chi connectivity index (χ0n) is 18.7. The van der Waals surface area contributed by atoms with E-state index in [1.54, 1.807) is 24.3 Å². The Hall–Kier alpha value is -4.12. The van der Waals surface area contributed by atoms with E-state index in [1.807, 2.05) is 69.3 Å². The molecule has 164 valence electrons. The van der Waals surface area contributed by atoms with Crippen LogP contribution in [0.15, 0.2) is 78.4 Å². The average molecular weight is 437 g/mol. The lowest BCUT2D eigenvalue weighted by molar-refractivity contribution is -0.132. The molecule has 1 saturated heterocycles. The summed E-state index contributed by atoms with van der Waals surface area (Å²) in [5.74, 6) is -1.51. The molecule has 1 aliphatic heterocycles. The van der Waals surface area contributed by atoms with Crippen molar-refractivity contribution in [1.29, 1.82) is 0 Å². The Labute approximate surface area is 192 Å². The average Bonchev–Trinajstić information content (AvgIpc) is 3.25. The number of anilines is 1. The molecule has 0 radical (unpaired) electrons. The number of fused-ring (bicyclic) bond motifs is 1. The number of nitrogens with one attached hydrogen (secondary N) is 1. The summed E-state index contributed by atoms with van der Waals surface area (Å²) in [6.45, 7) is 5.85. The maximum absolute atomic E-state index is 13.4. The van der Waals surface area contributed by atoms with Crippen molar-refractivity contribution in [2.45, 2.75) is 26.8 Å². The minimum atomic E-state index is -0.762. The van der Waals surface area contributed by atoms with Crippen LogP contribution < -0.4 is 4.90 Å². The molecule has 3 aromatic carbocycles. The lowest BCUT2D eigenvalue weighted by Crippen LogP contribution is -2.29. The van der Waals surface area contributed by atoms with E-state index in [4.69, 9.17) is 0 Å². The van der Waals surface area contributed by atoms with Crippen LogP contribution in [-0.4, -0.2) is 21.8 Å². The van der Waals surface area contributed by atoms with Gasteiger partial charge in [-0.05, 0) is 50.1 Å². The molecule has 0 aliphatic carbocycles. The van der Waals surface area contributed by atoms with Crippen molar-refractivity contribution in [2.75, 3.05) is 4.90 Å². The number of aromatic amines is 1. The van der Waals surface area contributed by atoms with Gasteiger partial charge in [0.15, 0.2) is 0 Å². The molecule has 1 aliphatic rings. The first kappa shape index (κ1) is 20.8. The van der Waals surface area contributed by atoms with Crippen molar-refractivity contribution in [3.05, 3.63) is 106 Å². The summed E-state index contributed by atoms with van der Waals surface area (Å²) >= 11 is 0. The summed E-state index contributed by atoms with van der Waals surface area (Å²) in [5.41, 5.74) is 5.77. The Balaban J connectivity index is 1.84. The SMILES string of the molecule is Cc1cc(C)cc(N2C(=O)C(=O)/C(=C(/O)c3ccccc3)C2c2c(C)[nH]c3ccccc23)c1. The van der Waals surface area contributed by atoms with Gasteiger partial charge >= 0.3 is 0 Å². The van der Waals surface area contributed by atoms with Gasteiger partial charge in [0.2, 0.25) is 0 Å². The lowest BCUT2D eigenvalue weighted by atomic mass is 9.93. The second kappa shape index (κ2) is 7.78. The van der Waals surface area contributed by atoms with Gasteiger partial charge in [-0.1, -0.05) is 54.6 Å². The molecule has 5 nitrogen and oxygen atoms in total. The third-order valence-electron chi connectivity index (χ3n) is 6.19. The zero-order valence-corrected chi connectivity index (χ0v) is 18.7. The normalized spacial score (nSPS) is 17.8. The van der Waals surface area contributed by atoms with Crippen LogP contribution in [0.5, 0.6) is 0 Å². The van der Waals surface area contributed by atoms with E-state index >= 15 is 0 Å². The summed E-state index contributed by atoms with van der Waals surface area (Å²) < 4.78 is 0. The molecule has 1 fully saturated rings. The van der Waals surface area contributed by atoms with E-state index in [9.17, 15) is 14.7 Å². The smallest absolute Gasteiger partial charge is 0.300 e. The molecule has 5 rings (SSSR count). The highest BCUT2D eigenvalue weighted by Crippen LogP contribution is 2.45. The van der Waals surface area contributed by atoms with E-state index in [-0.39, 0.29) is 11.3 Å². The van der Waals surface area contributed by atoms with Gasteiger partial charge in [-0.3, -0.25) is 14.5 Å². The summed E-state index contributed by atoms with van der Waals surface area (Å²) in [4.78, 5) is 31.8. The Morgan fingerprint density at radius 2 is 1.52 bits per heavy atom. The maximum Gasteiger partial charge on any atom is 0.300 e. The number of carbonyl (C=O) groups excluding carboxylic acids is 2. The number of hydrogen-bond acceptors (Lipinski definition) is 3. The minimum absolute atomic E-state index is 0.0956. The molecule has 0 spiro atoms. The van der Waals surface area contributed by atoms with E-state index in [0.717, 1.165) is 33.3 Å².